The number of hydrogen-bond acceptors (Lipinski definition) is 3. The third-order valence-electron chi connectivity index (χ3n) is 4.41. The van der Waals surface area contributed by atoms with E-state index in [2.05, 4.69) is 6.58 Å². The molecule has 2 aromatic rings. The van der Waals surface area contributed by atoms with Gasteiger partial charge in [0.05, 0.1) is 11.8 Å². The quantitative estimate of drug-likeness (QED) is 0.683. The van der Waals surface area contributed by atoms with Gasteiger partial charge in [0.2, 0.25) is 0 Å². The average Bonchev–Trinajstić information content (AvgIpc) is 2.67. The molecule has 0 aromatic heterocycles. The Balaban J connectivity index is 2.16. The summed E-state index contributed by atoms with van der Waals surface area (Å²) in [7, 11) is 0. The van der Waals surface area contributed by atoms with Crippen LogP contribution < -0.4 is 19.9 Å². The Kier molecular flexibility index (Phi) is 3.73. The zero-order valence-electron chi connectivity index (χ0n) is 14.2. The molecule has 2 aliphatic rings. The largest absolute Gasteiger partial charge is 0.478 e. The fourth-order valence-corrected chi connectivity index (χ4v) is 3.28. The molecule has 0 spiro atoms. The summed E-state index contributed by atoms with van der Waals surface area (Å²) in [5.41, 5.74) is 2.42. The van der Waals surface area contributed by atoms with Crippen LogP contribution in [0.5, 0.6) is 17.2 Å². The number of benzene rings is 2. The molecular weight excluding hydrogens is 328 g/mol. The number of ether oxygens (including phenoxy) is 2. The van der Waals surface area contributed by atoms with Crippen LogP contribution in [0.15, 0.2) is 72.4 Å². The molecule has 0 amide bonds. The van der Waals surface area contributed by atoms with Crippen LogP contribution in [0.4, 0.5) is 0 Å². The molecule has 4 bridgehead atoms. The van der Waals surface area contributed by atoms with Crippen molar-refractivity contribution < 1.29 is 19.4 Å². The van der Waals surface area contributed by atoms with Gasteiger partial charge < -0.3 is 14.6 Å². The number of carboxylic acid groups (broad SMARTS) is 1. The predicted octanol–water partition coefficient (Wildman–Crippen LogP) is 3.27. The normalized spacial score (nSPS) is 14.6. The second-order valence-corrected chi connectivity index (χ2v) is 5.95. The number of allylic oxidation sites excluding steroid dienone is 3. The lowest BCUT2D eigenvalue weighted by Crippen LogP contribution is -2.21. The minimum atomic E-state index is -0.989. The van der Waals surface area contributed by atoms with Gasteiger partial charge in [0.25, 0.3) is 0 Å². The Hall–Kier alpha value is -3.53. The van der Waals surface area contributed by atoms with Crippen LogP contribution in [0.1, 0.15) is 12.5 Å². The fraction of sp³-hybridized carbons (Fsp3) is 0.0455. The van der Waals surface area contributed by atoms with E-state index in [1.165, 1.54) is 0 Å². The number of carbonyl (C=O) groups is 1. The summed E-state index contributed by atoms with van der Waals surface area (Å²) in [4.78, 5) is 11.8. The summed E-state index contributed by atoms with van der Waals surface area (Å²) in [6.45, 7) is 5.47. The highest BCUT2D eigenvalue weighted by Gasteiger charge is 2.26. The van der Waals surface area contributed by atoms with E-state index in [1.807, 2.05) is 36.4 Å². The SMILES string of the molecule is C=C/C=C(C1=c2ccc3cc2Oc2cc(ccc21)OC=3)\C(=C/C)C(=O)O. The van der Waals surface area contributed by atoms with Gasteiger partial charge in [-0.1, -0.05) is 30.9 Å². The minimum absolute atomic E-state index is 0.213. The first-order valence-corrected chi connectivity index (χ1v) is 8.19. The van der Waals surface area contributed by atoms with Crippen LogP contribution >= 0.6 is 0 Å². The highest BCUT2D eigenvalue weighted by atomic mass is 16.5. The molecule has 0 saturated carbocycles. The maximum atomic E-state index is 11.8. The van der Waals surface area contributed by atoms with Crippen molar-refractivity contribution in [3.63, 3.8) is 0 Å². The molecule has 1 N–H and O–H groups in total. The van der Waals surface area contributed by atoms with E-state index in [4.69, 9.17) is 9.47 Å². The van der Waals surface area contributed by atoms with Gasteiger partial charge in [0.15, 0.2) is 0 Å². The first-order valence-electron chi connectivity index (χ1n) is 8.19. The number of fused-ring (bicyclic) bond motifs is 2. The summed E-state index contributed by atoms with van der Waals surface area (Å²) in [6.07, 6.45) is 6.58. The van der Waals surface area contributed by atoms with Crippen LogP contribution in [0, 0.1) is 0 Å². The molecule has 2 heterocycles. The van der Waals surface area contributed by atoms with E-state index in [-0.39, 0.29) is 5.57 Å². The van der Waals surface area contributed by atoms with Gasteiger partial charge in [-0.05, 0) is 36.8 Å². The van der Waals surface area contributed by atoms with E-state index in [0.717, 1.165) is 21.6 Å². The van der Waals surface area contributed by atoms with E-state index in [1.54, 1.807) is 31.4 Å². The predicted molar refractivity (Wildman–Crippen MR) is 99.5 cm³/mol. The van der Waals surface area contributed by atoms with Crippen molar-refractivity contribution in [3.8, 4) is 17.2 Å². The molecular formula is C22H16O4. The summed E-state index contributed by atoms with van der Waals surface area (Å²) < 4.78 is 11.8. The summed E-state index contributed by atoms with van der Waals surface area (Å²) in [5, 5.41) is 11.4. The average molecular weight is 344 g/mol. The number of hydrogen-bond donors (Lipinski definition) is 1. The molecule has 0 radical (unpaired) electrons. The molecule has 0 atom stereocenters. The van der Waals surface area contributed by atoms with Gasteiger partial charge in [-0.15, -0.1) is 0 Å². The van der Waals surface area contributed by atoms with Crippen LogP contribution in [0.3, 0.4) is 0 Å². The summed E-state index contributed by atoms with van der Waals surface area (Å²) >= 11 is 0. The lowest BCUT2D eigenvalue weighted by atomic mass is 9.88. The van der Waals surface area contributed by atoms with Crippen molar-refractivity contribution >= 4 is 17.8 Å². The van der Waals surface area contributed by atoms with Crippen molar-refractivity contribution in [3.05, 3.63) is 88.4 Å². The van der Waals surface area contributed by atoms with E-state index in [9.17, 15) is 9.90 Å². The molecule has 2 aromatic carbocycles. The van der Waals surface area contributed by atoms with Crippen molar-refractivity contribution in [1.29, 1.82) is 0 Å². The van der Waals surface area contributed by atoms with Crippen molar-refractivity contribution in [2.24, 2.45) is 0 Å². The first kappa shape index (κ1) is 16.0. The second-order valence-electron chi connectivity index (χ2n) is 5.95. The Labute approximate surface area is 150 Å². The maximum absolute atomic E-state index is 11.8. The molecule has 4 rings (SSSR count). The van der Waals surface area contributed by atoms with Gasteiger partial charge in [-0.2, -0.15) is 0 Å². The van der Waals surface area contributed by atoms with Gasteiger partial charge >= 0.3 is 5.97 Å². The highest BCUT2D eigenvalue weighted by molar-refractivity contribution is 6.01. The minimum Gasteiger partial charge on any atom is -0.478 e. The number of aliphatic carboxylic acids is 1. The van der Waals surface area contributed by atoms with Gasteiger partial charge in [-0.25, -0.2) is 4.79 Å². The molecule has 26 heavy (non-hydrogen) atoms. The molecule has 4 heteroatoms. The van der Waals surface area contributed by atoms with Gasteiger partial charge in [0.1, 0.15) is 17.2 Å². The topological polar surface area (TPSA) is 55.8 Å². The smallest absolute Gasteiger partial charge is 0.335 e. The van der Waals surface area contributed by atoms with Crippen molar-refractivity contribution in [2.45, 2.75) is 6.92 Å². The molecule has 0 unspecified atom stereocenters. The Morgan fingerprint density at radius 1 is 1.15 bits per heavy atom. The standard InChI is InChI=1S/C22H16O4/c1-3-5-16(15(4-2)22(23)24)21-17-8-6-13-10-19(17)26-20-11-14(25-12-13)7-9-18(20)21/h3-12H,1H2,2H3,(H,23,24)/b13-12?,15-4+,16-5+. The van der Waals surface area contributed by atoms with Gasteiger partial charge in [0, 0.05) is 27.6 Å². The lowest BCUT2D eigenvalue weighted by Gasteiger charge is -2.22. The molecule has 2 aliphatic heterocycles. The molecule has 128 valence electrons. The van der Waals surface area contributed by atoms with E-state index >= 15 is 0 Å². The first-order chi connectivity index (χ1) is 12.6. The number of rotatable bonds is 4. The zero-order chi connectivity index (χ0) is 18.3. The van der Waals surface area contributed by atoms with Crippen molar-refractivity contribution in [1.82, 2.24) is 0 Å². The summed E-state index contributed by atoms with van der Waals surface area (Å²) in [6, 6.07) is 11.3. The Morgan fingerprint density at radius 2 is 2.00 bits per heavy atom. The van der Waals surface area contributed by atoms with Crippen molar-refractivity contribution in [2.75, 3.05) is 0 Å². The highest BCUT2D eigenvalue weighted by Crippen LogP contribution is 2.40. The van der Waals surface area contributed by atoms with Crippen LogP contribution in [-0.2, 0) is 4.79 Å². The lowest BCUT2D eigenvalue weighted by molar-refractivity contribution is -0.132. The fourth-order valence-electron chi connectivity index (χ4n) is 3.28. The third-order valence-corrected chi connectivity index (χ3v) is 4.41. The Bertz CT molecular complexity index is 1130. The Morgan fingerprint density at radius 3 is 2.73 bits per heavy atom. The molecule has 0 saturated heterocycles. The zero-order valence-corrected chi connectivity index (χ0v) is 14.2. The van der Waals surface area contributed by atoms with Crippen LogP contribution in [-0.4, -0.2) is 11.1 Å². The van der Waals surface area contributed by atoms with E-state index in [0.29, 0.717) is 22.8 Å². The number of carboxylic acids is 1. The molecule has 0 fully saturated rings. The monoisotopic (exact) mass is 344 g/mol. The van der Waals surface area contributed by atoms with Gasteiger partial charge in [-0.3, -0.25) is 0 Å². The second kappa shape index (κ2) is 6.08. The molecule has 4 nitrogen and oxygen atoms in total. The summed E-state index contributed by atoms with van der Waals surface area (Å²) in [5.74, 6) is 0.970. The van der Waals surface area contributed by atoms with Crippen LogP contribution in [0.2, 0.25) is 0 Å². The maximum Gasteiger partial charge on any atom is 0.335 e. The van der Waals surface area contributed by atoms with Crippen LogP contribution in [0.25, 0.3) is 11.8 Å². The third kappa shape index (κ3) is 2.43. The van der Waals surface area contributed by atoms with E-state index < -0.39 is 5.97 Å². The molecule has 0 aliphatic carbocycles.